The van der Waals surface area contributed by atoms with Crippen LogP contribution < -0.4 is 16.2 Å². The second-order valence-electron chi connectivity index (χ2n) is 4.78. The van der Waals surface area contributed by atoms with E-state index in [2.05, 4.69) is 10.6 Å². The average Bonchev–Trinajstić information content (AvgIpc) is 2.54. The quantitative estimate of drug-likeness (QED) is 0.775. The molecule has 2 N–H and O–H groups in total. The topological polar surface area (TPSA) is 80.2 Å². The SMILES string of the molecule is O=C(Cn1ccccc1=O)NCCNC(=O)c1ccc(Cl)cc1. The summed E-state index contributed by atoms with van der Waals surface area (Å²) < 4.78 is 1.31. The van der Waals surface area contributed by atoms with Gasteiger partial charge in [-0.25, -0.2) is 0 Å². The lowest BCUT2D eigenvalue weighted by molar-refractivity contribution is -0.121. The summed E-state index contributed by atoms with van der Waals surface area (Å²) >= 11 is 5.75. The van der Waals surface area contributed by atoms with Gasteiger partial charge in [-0.2, -0.15) is 0 Å². The fourth-order valence-electron chi connectivity index (χ4n) is 1.88. The molecule has 1 aromatic heterocycles. The smallest absolute Gasteiger partial charge is 0.251 e. The zero-order valence-electron chi connectivity index (χ0n) is 12.3. The van der Waals surface area contributed by atoms with Crippen LogP contribution in [0.1, 0.15) is 10.4 Å². The lowest BCUT2D eigenvalue weighted by Gasteiger charge is -2.08. The van der Waals surface area contributed by atoms with Crippen molar-refractivity contribution < 1.29 is 9.59 Å². The van der Waals surface area contributed by atoms with Gasteiger partial charge in [0, 0.05) is 35.9 Å². The van der Waals surface area contributed by atoms with Crippen molar-refractivity contribution in [3.05, 3.63) is 69.6 Å². The number of benzene rings is 1. The third-order valence-electron chi connectivity index (χ3n) is 3.05. The number of nitrogens with one attached hydrogen (secondary N) is 2. The summed E-state index contributed by atoms with van der Waals surface area (Å²) in [5.74, 6) is -0.533. The van der Waals surface area contributed by atoms with Crippen LogP contribution in [-0.4, -0.2) is 29.5 Å². The molecule has 2 aromatic rings. The average molecular weight is 334 g/mol. The number of carbonyl (C=O) groups is 2. The molecule has 7 heteroatoms. The van der Waals surface area contributed by atoms with E-state index in [1.165, 1.54) is 10.6 Å². The molecule has 2 rings (SSSR count). The highest BCUT2D eigenvalue weighted by atomic mass is 35.5. The van der Waals surface area contributed by atoms with Crippen LogP contribution in [0.2, 0.25) is 5.02 Å². The maximum Gasteiger partial charge on any atom is 0.251 e. The molecule has 0 fully saturated rings. The molecule has 1 heterocycles. The summed E-state index contributed by atoms with van der Waals surface area (Å²) in [6.45, 7) is 0.515. The number of amides is 2. The lowest BCUT2D eigenvalue weighted by atomic mass is 10.2. The van der Waals surface area contributed by atoms with Crippen molar-refractivity contribution in [3.8, 4) is 0 Å². The highest BCUT2D eigenvalue weighted by Crippen LogP contribution is 2.08. The summed E-state index contributed by atoms with van der Waals surface area (Å²) in [7, 11) is 0. The number of nitrogens with zero attached hydrogens (tertiary/aromatic N) is 1. The second-order valence-corrected chi connectivity index (χ2v) is 5.22. The molecule has 0 bridgehead atoms. The molecule has 0 aliphatic rings. The first-order valence-electron chi connectivity index (χ1n) is 7.02. The summed E-state index contributed by atoms with van der Waals surface area (Å²) in [4.78, 5) is 35.0. The molecule has 120 valence electrons. The van der Waals surface area contributed by atoms with E-state index >= 15 is 0 Å². The molecule has 0 aliphatic carbocycles. The third-order valence-corrected chi connectivity index (χ3v) is 3.30. The number of halogens is 1. The van der Waals surface area contributed by atoms with Crippen molar-refractivity contribution in [1.82, 2.24) is 15.2 Å². The van der Waals surface area contributed by atoms with Crippen molar-refractivity contribution >= 4 is 23.4 Å². The number of hydrogen-bond donors (Lipinski definition) is 2. The van der Waals surface area contributed by atoms with Gasteiger partial charge in [0.1, 0.15) is 6.54 Å². The zero-order valence-corrected chi connectivity index (χ0v) is 13.0. The Morgan fingerprint density at radius 1 is 1.00 bits per heavy atom. The van der Waals surface area contributed by atoms with Gasteiger partial charge in [-0.15, -0.1) is 0 Å². The Hall–Kier alpha value is -2.60. The molecule has 0 atom stereocenters. The van der Waals surface area contributed by atoms with Crippen molar-refractivity contribution in [1.29, 1.82) is 0 Å². The van der Waals surface area contributed by atoms with Crippen molar-refractivity contribution in [2.75, 3.05) is 13.1 Å². The summed E-state index contributed by atoms with van der Waals surface area (Å²) in [6, 6.07) is 11.2. The molecule has 0 spiro atoms. The van der Waals surface area contributed by atoms with E-state index in [9.17, 15) is 14.4 Å². The summed E-state index contributed by atoms with van der Waals surface area (Å²) in [6.07, 6.45) is 1.55. The monoisotopic (exact) mass is 333 g/mol. The van der Waals surface area contributed by atoms with E-state index in [0.29, 0.717) is 10.6 Å². The van der Waals surface area contributed by atoms with E-state index in [1.54, 1.807) is 42.6 Å². The van der Waals surface area contributed by atoms with Gasteiger partial charge in [0.15, 0.2) is 0 Å². The lowest BCUT2D eigenvalue weighted by Crippen LogP contribution is -2.37. The van der Waals surface area contributed by atoms with Crippen molar-refractivity contribution in [2.24, 2.45) is 0 Å². The third kappa shape index (κ3) is 5.27. The molecular formula is C16H16ClN3O3. The first kappa shape index (κ1) is 16.8. The van der Waals surface area contributed by atoms with Gasteiger partial charge in [0.25, 0.3) is 11.5 Å². The van der Waals surface area contributed by atoms with Crippen molar-refractivity contribution in [3.63, 3.8) is 0 Å². The van der Waals surface area contributed by atoms with Gasteiger partial charge in [-0.1, -0.05) is 17.7 Å². The molecule has 23 heavy (non-hydrogen) atoms. The number of aromatic nitrogens is 1. The van der Waals surface area contributed by atoms with Crippen LogP contribution in [-0.2, 0) is 11.3 Å². The van der Waals surface area contributed by atoms with Crippen LogP contribution >= 0.6 is 11.6 Å². The van der Waals surface area contributed by atoms with Crippen molar-refractivity contribution in [2.45, 2.75) is 6.54 Å². The number of rotatable bonds is 6. The highest BCUT2D eigenvalue weighted by Gasteiger charge is 2.06. The molecule has 0 saturated carbocycles. The molecule has 6 nitrogen and oxygen atoms in total. The zero-order chi connectivity index (χ0) is 16.7. The summed E-state index contributed by atoms with van der Waals surface area (Å²) in [5, 5.41) is 5.88. The van der Waals surface area contributed by atoms with Gasteiger partial charge >= 0.3 is 0 Å². The fraction of sp³-hybridized carbons (Fsp3) is 0.188. The number of hydrogen-bond acceptors (Lipinski definition) is 3. The Morgan fingerprint density at radius 2 is 1.70 bits per heavy atom. The predicted molar refractivity (Wildman–Crippen MR) is 87.5 cm³/mol. The van der Waals surface area contributed by atoms with E-state index in [4.69, 9.17) is 11.6 Å². The van der Waals surface area contributed by atoms with Crippen LogP contribution in [0.15, 0.2) is 53.5 Å². The molecule has 0 unspecified atom stereocenters. The Balaban J connectivity index is 1.72. The minimum Gasteiger partial charge on any atom is -0.353 e. The molecular weight excluding hydrogens is 318 g/mol. The largest absolute Gasteiger partial charge is 0.353 e. The fourth-order valence-corrected chi connectivity index (χ4v) is 2.01. The highest BCUT2D eigenvalue weighted by molar-refractivity contribution is 6.30. The van der Waals surface area contributed by atoms with E-state index < -0.39 is 0 Å². The van der Waals surface area contributed by atoms with Gasteiger partial charge in [0.2, 0.25) is 5.91 Å². The Morgan fingerprint density at radius 3 is 2.39 bits per heavy atom. The first-order chi connectivity index (χ1) is 11.1. The standard InChI is InChI=1S/C16H16ClN3O3/c17-13-6-4-12(5-7-13)16(23)19-9-8-18-14(21)11-20-10-2-1-3-15(20)22/h1-7,10H,8-9,11H2,(H,18,21)(H,19,23). The minimum atomic E-state index is -0.293. The molecule has 0 saturated heterocycles. The minimum absolute atomic E-state index is 0.0508. The second kappa shape index (κ2) is 8.14. The van der Waals surface area contributed by atoms with Crippen LogP contribution in [0.5, 0.6) is 0 Å². The van der Waals surface area contributed by atoms with Crippen LogP contribution in [0.3, 0.4) is 0 Å². The number of carbonyl (C=O) groups excluding carboxylic acids is 2. The van der Waals surface area contributed by atoms with E-state index in [-0.39, 0.29) is 37.0 Å². The summed E-state index contributed by atoms with van der Waals surface area (Å²) in [5.41, 5.74) is 0.259. The van der Waals surface area contributed by atoms with Gasteiger partial charge in [-0.05, 0) is 30.3 Å². The van der Waals surface area contributed by atoms with Gasteiger partial charge in [-0.3, -0.25) is 14.4 Å². The van der Waals surface area contributed by atoms with Crippen LogP contribution in [0.25, 0.3) is 0 Å². The van der Waals surface area contributed by atoms with Gasteiger partial charge in [0.05, 0.1) is 0 Å². The van der Waals surface area contributed by atoms with Crippen LogP contribution in [0.4, 0.5) is 0 Å². The maximum absolute atomic E-state index is 11.8. The maximum atomic E-state index is 11.8. The van der Waals surface area contributed by atoms with Gasteiger partial charge < -0.3 is 15.2 Å². The Labute approximate surface area is 138 Å². The van der Waals surface area contributed by atoms with E-state index in [0.717, 1.165) is 0 Å². The Bertz CT molecular complexity index is 741. The predicted octanol–water partition coefficient (Wildman–Crippen LogP) is 1.05. The first-order valence-corrected chi connectivity index (χ1v) is 7.40. The molecule has 0 aliphatic heterocycles. The van der Waals surface area contributed by atoms with E-state index in [1.807, 2.05) is 0 Å². The molecule has 1 aromatic carbocycles. The normalized spacial score (nSPS) is 10.1. The molecule has 2 amide bonds. The van der Waals surface area contributed by atoms with Crippen LogP contribution in [0, 0.1) is 0 Å². The number of pyridine rings is 1. The molecule has 0 radical (unpaired) electrons. The Kier molecular flexibility index (Phi) is 5.94.